The van der Waals surface area contributed by atoms with E-state index in [9.17, 15) is 0 Å². The minimum atomic E-state index is 0.968. The molecule has 0 fully saturated rings. The van der Waals surface area contributed by atoms with Crippen LogP contribution in [0.3, 0.4) is 0 Å². The van der Waals surface area contributed by atoms with Crippen molar-refractivity contribution in [1.82, 2.24) is 9.97 Å². The summed E-state index contributed by atoms with van der Waals surface area (Å²) in [7, 11) is 0. The summed E-state index contributed by atoms with van der Waals surface area (Å²) in [5.41, 5.74) is 3.31. The van der Waals surface area contributed by atoms with Gasteiger partial charge in [0.25, 0.3) is 0 Å². The monoisotopic (exact) mass is 332 g/mol. The maximum atomic E-state index is 4.02. The molecular formula is C18H24N2S2. The van der Waals surface area contributed by atoms with Gasteiger partial charge >= 0.3 is 0 Å². The third-order valence-corrected chi connectivity index (χ3v) is 4.54. The lowest BCUT2D eigenvalue weighted by Crippen LogP contribution is -1.84. The Morgan fingerprint density at radius 1 is 0.727 bits per heavy atom. The van der Waals surface area contributed by atoms with Gasteiger partial charge < -0.3 is 0 Å². The fourth-order valence-electron chi connectivity index (χ4n) is 1.59. The van der Waals surface area contributed by atoms with Crippen molar-refractivity contribution >= 4 is 22.7 Å². The SMILES string of the molecule is Cc1ccc(C)s1.Cc1cnc(C)cn1.Cc1csc(C)c1. The summed E-state index contributed by atoms with van der Waals surface area (Å²) in [6.45, 7) is 12.3. The summed E-state index contributed by atoms with van der Waals surface area (Å²) in [5.74, 6) is 0. The summed E-state index contributed by atoms with van der Waals surface area (Å²) in [5, 5.41) is 2.16. The zero-order valence-electron chi connectivity index (χ0n) is 14.2. The van der Waals surface area contributed by atoms with Gasteiger partial charge in [-0.05, 0) is 70.7 Å². The molecule has 3 aromatic rings. The van der Waals surface area contributed by atoms with Crippen LogP contribution < -0.4 is 0 Å². The largest absolute Gasteiger partial charge is 0.258 e. The molecule has 3 aromatic heterocycles. The molecule has 0 N–H and O–H groups in total. The highest BCUT2D eigenvalue weighted by molar-refractivity contribution is 7.11. The molecule has 3 heterocycles. The molecule has 2 nitrogen and oxygen atoms in total. The lowest BCUT2D eigenvalue weighted by atomic mass is 10.4. The third-order valence-electron chi connectivity index (χ3n) is 2.65. The maximum Gasteiger partial charge on any atom is 0.0555 e. The van der Waals surface area contributed by atoms with E-state index in [4.69, 9.17) is 0 Å². The first-order valence-corrected chi connectivity index (χ1v) is 8.86. The average Bonchev–Trinajstić information content (AvgIpc) is 3.02. The summed E-state index contributed by atoms with van der Waals surface area (Å²) in [6.07, 6.45) is 3.52. The van der Waals surface area contributed by atoms with Crippen molar-refractivity contribution in [1.29, 1.82) is 0 Å². The van der Waals surface area contributed by atoms with Gasteiger partial charge in [0.15, 0.2) is 0 Å². The van der Waals surface area contributed by atoms with E-state index in [1.807, 2.05) is 25.2 Å². The second-order valence-electron chi connectivity index (χ2n) is 5.19. The highest BCUT2D eigenvalue weighted by Gasteiger charge is 1.85. The molecule has 118 valence electrons. The van der Waals surface area contributed by atoms with E-state index in [1.54, 1.807) is 23.7 Å². The van der Waals surface area contributed by atoms with E-state index >= 15 is 0 Å². The standard InChI is InChI=1S/C6H8N2.2C6H8S/c1-5-3-8-6(2)4-7-5;1-5-3-6(2)7-4-5;1-5-3-4-6(2)7-5/h3-4H,1-2H3;2*3-4H,1-2H3. The molecule has 0 aliphatic heterocycles. The van der Waals surface area contributed by atoms with Crippen molar-refractivity contribution in [3.63, 3.8) is 0 Å². The van der Waals surface area contributed by atoms with Crippen molar-refractivity contribution in [3.05, 3.63) is 67.6 Å². The van der Waals surface area contributed by atoms with Gasteiger partial charge in [0.2, 0.25) is 0 Å². The number of rotatable bonds is 0. The number of aryl methyl sites for hydroxylation is 6. The van der Waals surface area contributed by atoms with Crippen LogP contribution in [0.15, 0.2) is 36.0 Å². The Labute approximate surface area is 141 Å². The predicted molar refractivity (Wildman–Crippen MR) is 99.1 cm³/mol. The van der Waals surface area contributed by atoms with Gasteiger partial charge in [-0.15, -0.1) is 22.7 Å². The minimum Gasteiger partial charge on any atom is -0.258 e. The van der Waals surface area contributed by atoms with E-state index in [0.29, 0.717) is 0 Å². The normalized spacial score (nSPS) is 9.36. The number of thiophene rings is 2. The minimum absolute atomic E-state index is 0.968. The molecule has 0 aliphatic carbocycles. The second-order valence-corrected chi connectivity index (χ2v) is 7.80. The van der Waals surface area contributed by atoms with Crippen LogP contribution in [0.1, 0.15) is 31.6 Å². The molecule has 4 heteroatoms. The van der Waals surface area contributed by atoms with Gasteiger partial charge in [0.05, 0.1) is 11.4 Å². The van der Waals surface area contributed by atoms with Crippen molar-refractivity contribution in [3.8, 4) is 0 Å². The van der Waals surface area contributed by atoms with Gasteiger partial charge in [-0.25, -0.2) is 0 Å². The summed E-state index contributed by atoms with van der Waals surface area (Å²) in [6, 6.07) is 6.46. The van der Waals surface area contributed by atoms with Gasteiger partial charge in [0, 0.05) is 27.0 Å². The van der Waals surface area contributed by atoms with E-state index in [2.05, 4.69) is 61.2 Å². The molecule has 22 heavy (non-hydrogen) atoms. The van der Waals surface area contributed by atoms with E-state index < -0.39 is 0 Å². The van der Waals surface area contributed by atoms with Gasteiger partial charge in [-0.3, -0.25) is 9.97 Å². The molecule has 0 amide bonds. The molecule has 0 aromatic carbocycles. The molecule has 0 aliphatic rings. The first kappa shape index (κ1) is 18.5. The Kier molecular flexibility index (Phi) is 7.99. The van der Waals surface area contributed by atoms with E-state index in [-0.39, 0.29) is 0 Å². The number of hydrogen-bond donors (Lipinski definition) is 0. The van der Waals surface area contributed by atoms with Gasteiger partial charge in [0.1, 0.15) is 0 Å². The van der Waals surface area contributed by atoms with Crippen LogP contribution in [0.5, 0.6) is 0 Å². The topological polar surface area (TPSA) is 25.8 Å². The zero-order valence-corrected chi connectivity index (χ0v) is 15.8. The van der Waals surface area contributed by atoms with Crippen LogP contribution in [-0.2, 0) is 0 Å². The fraction of sp³-hybridized carbons (Fsp3) is 0.333. The van der Waals surface area contributed by atoms with Crippen LogP contribution in [0.25, 0.3) is 0 Å². The van der Waals surface area contributed by atoms with Crippen LogP contribution in [0, 0.1) is 41.5 Å². The van der Waals surface area contributed by atoms with Crippen molar-refractivity contribution in [2.24, 2.45) is 0 Å². The molecule has 0 spiro atoms. The number of aromatic nitrogens is 2. The van der Waals surface area contributed by atoms with Crippen LogP contribution >= 0.6 is 22.7 Å². The molecular weight excluding hydrogens is 308 g/mol. The molecule has 3 rings (SSSR count). The van der Waals surface area contributed by atoms with E-state index in [0.717, 1.165) is 11.4 Å². The lowest BCUT2D eigenvalue weighted by Gasteiger charge is -1.88. The summed E-state index contributed by atoms with van der Waals surface area (Å²) >= 11 is 3.65. The Bertz CT molecular complexity index is 574. The van der Waals surface area contributed by atoms with Crippen LogP contribution in [0.2, 0.25) is 0 Å². The summed E-state index contributed by atoms with van der Waals surface area (Å²) in [4.78, 5) is 12.2. The fourth-order valence-corrected chi connectivity index (χ4v) is 3.06. The molecule has 0 saturated heterocycles. The summed E-state index contributed by atoms with van der Waals surface area (Å²) < 4.78 is 0. The number of hydrogen-bond acceptors (Lipinski definition) is 4. The quantitative estimate of drug-likeness (QED) is 0.518. The van der Waals surface area contributed by atoms with Crippen molar-refractivity contribution in [2.75, 3.05) is 0 Å². The van der Waals surface area contributed by atoms with Crippen LogP contribution in [-0.4, -0.2) is 9.97 Å². The molecule has 0 bridgehead atoms. The Morgan fingerprint density at radius 2 is 1.23 bits per heavy atom. The molecule has 0 radical (unpaired) electrons. The Balaban J connectivity index is 0.000000166. The molecule has 0 unspecified atom stereocenters. The maximum absolute atomic E-state index is 4.02. The molecule has 0 saturated carbocycles. The smallest absolute Gasteiger partial charge is 0.0555 e. The zero-order chi connectivity index (χ0) is 16.5. The lowest BCUT2D eigenvalue weighted by molar-refractivity contribution is 1.06. The van der Waals surface area contributed by atoms with Gasteiger partial charge in [-0.2, -0.15) is 0 Å². The average molecular weight is 333 g/mol. The second kappa shape index (κ2) is 9.49. The van der Waals surface area contributed by atoms with Crippen LogP contribution in [0.4, 0.5) is 0 Å². The highest BCUT2D eigenvalue weighted by atomic mass is 32.1. The Hall–Kier alpha value is -1.52. The first-order chi connectivity index (χ1) is 10.4. The van der Waals surface area contributed by atoms with E-state index in [1.165, 1.54) is 20.2 Å². The van der Waals surface area contributed by atoms with Crippen molar-refractivity contribution in [2.45, 2.75) is 41.5 Å². The van der Waals surface area contributed by atoms with Gasteiger partial charge in [-0.1, -0.05) is 0 Å². The first-order valence-electron chi connectivity index (χ1n) is 7.17. The Morgan fingerprint density at radius 3 is 1.41 bits per heavy atom. The molecule has 0 atom stereocenters. The predicted octanol–water partition coefficient (Wildman–Crippen LogP) is 5.82. The number of nitrogens with zero attached hydrogens (tertiary/aromatic N) is 2. The highest BCUT2D eigenvalue weighted by Crippen LogP contribution is 2.12. The third kappa shape index (κ3) is 8.05. The van der Waals surface area contributed by atoms with Crippen molar-refractivity contribution < 1.29 is 0 Å².